The van der Waals surface area contributed by atoms with E-state index < -0.39 is 0 Å². The Morgan fingerprint density at radius 2 is 2.06 bits per heavy atom. The summed E-state index contributed by atoms with van der Waals surface area (Å²) in [6.07, 6.45) is 0. The van der Waals surface area contributed by atoms with Crippen LogP contribution in [0.2, 0.25) is 5.02 Å². The molecular weight excluding hydrogens is 222 g/mol. The van der Waals surface area contributed by atoms with E-state index >= 15 is 0 Å². The largest absolute Gasteiger partial charge is 0.490 e. The van der Waals surface area contributed by atoms with Crippen LogP contribution >= 0.6 is 11.6 Å². The van der Waals surface area contributed by atoms with E-state index in [-0.39, 0.29) is 0 Å². The summed E-state index contributed by atoms with van der Waals surface area (Å²) in [4.78, 5) is 0. The van der Waals surface area contributed by atoms with Crippen LogP contribution in [0.1, 0.15) is 19.4 Å². The van der Waals surface area contributed by atoms with Crippen molar-refractivity contribution in [2.24, 2.45) is 5.92 Å². The Morgan fingerprint density at radius 1 is 1.38 bits per heavy atom. The van der Waals surface area contributed by atoms with Gasteiger partial charge in [0.2, 0.25) is 0 Å². The highest BCUT2D eigenvalue weighted by molar-refractivity contribution is 6.32. The Labute approximate surface area is 103 Å². The van der Waals surface area contributed by atoms with Crippen molar-refractivity contribution in [2.45, 2.75) is 26.8 Å². The quantitative estimate of drug-likeness (QED) is 0.855. The zero-order chi connectivity index (χ0) is 12.1. The Hall–Kier alpha value is -0.730. The molecule has 0 aliphatic heterocycles. The van der Waals surface area contributed by atoms with Gasteiger partial charge in [-0.05, 0) is 37.6 Å². The summed E-state index contributed by atoms with van der Waals surface area (Å²) in [5, 5.41) is 3.91. The molecule has 0 amide bonds. The zero-order valence-electron chi connectivity index (χ0n) is 10.4. The van der Waals surface area contributed by atoms with E-state index in [2.05, 4.69) is 19.2 Å². The predicted molar refractivity (Wildman–Crippen MR) is 69.4 cm³/mol. The van der Waals surface area contributed by atoms with Crippen LogP contribution in [0.5, 0.6) is 5.75 Å². The minimum atomic E-state index is 0.345. The van der Waals surface area contributed by atoms with Crippen LogP contribution in [0.3, 0.4) is 0 Å². The van der Waals surface area contributed by atoms with E-state index in [0.29, 0.717) is 23.6 Å². The molecule has 0 spiro atoms. The maximum absolute atomic E-state index is 6.09. The van der Waals surface area contributed by atoms with E-state index in [0.717, 1.165) is 11.3 Å². The van der Waals surface area contributed by atoms with Gasteiger partial charge < -0.3 is 10.1 Å². The van der Waals surface area contributed by atoms with Crippen molar-refractivity contribution in [1.82, 2.24) is 5.32 Å². The molecule has 0 bridgehead atoms. The predicted octanol–water partition coefficient (Wildman–Crippen LogP) is 3.27. The lowest BCUT2D eigenvalue weighted by Gasteiger charge is -2.20. The second-order valence-corrected chi connectivity index (χ2v) is 4.79. The molecule has 0 heterocycles. The van der Waals surface area contributed by atoms with E-state index in [1.807, 2.05) is 32.2 Å². The summed E-state index contributed by atoms with van der Waals surface area (Å²) in [7, 11) is 1.95. The first-order valence-corrected chi connectivity index (χ1v) is 5.98. The Morgan fingerprint density at radius 3 is 2.56 bits per heavy atom. The highest BCUT2D eigenvalue weighted by Crippen LogP contribution is 2.25. The van der Waals surface area contributed by atoms with Crippen LogP contribution in [-0.4, -0.2) is 19.7 Å². The molecule has 0 aromatic heterocycles. The van der Waals surface area contributed by atoms with Crippen molar-refractivity contribution in [3.8, 4) is 5.75 Å². The number of halogens is 1. The molecule has 90 valence electrons. The topological polar surface area (TPSA) is 21.3 Å². The second-order valence-electron chi connectivity index (χ2n) is 4.38. The molecule has 0 fully saturated rings. The number of aryl methyl sites for hydroxylation is 1. The molecule has 16 heavy (non-hydrogen) atoms. The molecular formula is C13H20ClNO. The standard InChI is InChI=1S/C13H20ClNO/c1-9(2)12(15-4)8-16-13-6-5-10(3)7-11(13)14/h5-7,9,12,15H,8H2,1-4H3. The van der Waals surface area contributed by atoms with Crippen molar-refractivity contribution in [2.75, 3.05) is 13.7 Å². The molecule has 1 N–H and O–H groups in total. The van der Waals surface area contributed by atoms with Crippen LogP contribution in [0.25, 0.3) is 0 Å². The van der Waals surface area contributed by atoms with Gasteiger partial charge in [0, 0.05) is 6.04 Å². The van der Waals surface area contributed by atoms with Crippen LogP contribution in [0, 0.1) is 12.8 Å². The third-order valence-corrected chi connectivity index (χ3v) is 2.98. The number of rotatable bonds is 5. The van der Waals surface area contributed by atoms with Gasteiger partial charge >= 0.3 is 0 Å². The monoisotopic (exact) mass is 241 g/mol. The van der Waals surface area contributed by atoms with Gasteiger partial charge in [-0.1, -0.05) is 31.5 Å². The minimum absolute atomic E-state index is 0.345. The van der Waals surface area contributed by atoms with Gasteiger partial charge in [-0.25, -0.2) is 0 Å². The van der Waals surface area contributed by atoms with E-state index in [9.17, 15) is 0 Å². The highest BCUT2D eigenvalue weighted by Gasteiger charge is 2.12. The number of hydrogen-bond acceptors (Lipinski definition) is 2. The van der Waals surface area contributed by atoms with Gasteiger partial charge in [-0.3, -0.25) is 0 Å². The molecule has 1 unspecified atom stereocenters. The first-order chi connectivity index (χ1) is 7.54. The van der Waals surface area contributed by atoms with Gasteiger partial charge in [0.25, 0.3) is 0 Å². The SMILES string of the molecule is CNC(COc1ccc(C)cc1Cl)C(C)C. The third kappa shape index (κ3) is 3.69. The lowest BCUT2D eigenvalue weighted by atomic mass is 10.1. The first kappa shape index (κ1) is 13.3. The number of likely N-dealkylation sites (N-methyl/N-ethyl adjacent to an activating group) is 1. The molecule has 0 aliphatic rings. The fourth-order valence-electron chi connectivity index (χ4n) is 1.51. The summed E-state index contributed by atoms with van der Waals surface area (Å²) < 4.78 is 5.71. The van der Waals surface area contributed by atoms with Crippen molar-refractivity contribution < 1.29 is 4.74 Å². The number of hydrogen-bond donors (Lipinski definition) is 1. The maximum atomic E-state index is 6.09. The van der Waals surface area contributed by atoms with Crippen molar-refractivity contribution in [1.29, 1.82) is 0 Å². The van der Waals surface area contributed by atoms with Crippen LogP contribution in [0.4, 0.5) is 0 Å². The maximum Gasteiger partial charge on any atom is 0.137 e. The Bertz CT molecular complexity index is 339. The number of nitrogens with one attached hydrogen (secondary N) is 1. The van der Waals surface area contributed by atoms with Gasteiger partial charge in [0.1, 0.15) is 12.4 Å². The third-order valence-electron chi connectivity index (χ3n) is 2.68. The van der Waals surface area contributed by atoms with Crippen molar-refractivity contribution in [3.63, 3.8) is 0 Å². The second kappa shape index (κ2) is 6.12. The molecule has 1 aromatic rings. The minimum Gasteiger partial charge on any atom is -0.490 e. The molecule has 0 saturated heterocycles. The summed E-state index contributed by atoms with van der Waals surface area (Å²) in [5.41, 5.74) is 1.14. The van der Waals surface area contributed by atoms with Crippen LogP contribution in [0.15, 0.2) is 18.2 Å². The zero-order valence-corrected chi connectivity index (χ0v) is 11.1. The average molecular weight is 242 g/mol. The lowest BCUT2D eigenvalue weighted by Crippen LogP contribution is -2.36. The molecule has 2 nitrogen and oxygen atoms in total. The van der Waals surface area contributed by atoms with Gasteiger partial charge in [-0.15, -0.1) is 0 Å². The summed E-state index contributed by atoms with van der Waals surface area (Å²) in [6, 6.07) is 6.19. The molecule has 0 saturated carbocycles. The molecule has 0 radical (unpaired) electrons. The molecule has 3 heteroatoms. The first-order valence-electron chi connectivity index (χ1n) is 5.60. The normalized spacial score (nSPS) is 12.9. The highest BCUT2D eigenvalue weighted by atomic mass is 35.5. The number of ether oxygens (including phenoxy) is 1. The van der Waals surface area contributed by atoms with Crippen LogP contribution in [-0.2, 0) is 0 Å². The fraction of sp³-hybridized carbons (Fsp3) is 0.538. The van der Waals surface area contributed by atoms with Crippen LogP contribution < -0.4 is 10.1 Å². The van der Waals surface area contributed by atoms with Gasteiger partial charge in [0.15, 0.2) is 0 Å². The Kier molecular flexibility index (Phi) is 5.10. The smallest absolute Gasteiger partial charge is 0.137 e. The number of benzene rings is 1. The average Bonchev–Trinajstić information content (AvgIpc) is 2.21. The molecule has 1 rings (SSSR count). The molecule has 0 aliphatic carbocycles. The van der Waals surface area contributed by atoms with Gasteiger partial charge in [0.05, 0.1) is 5.02 Å². The van der Waals surface area contributed by atoms with Gasteiger partial charge in [-0.2, -0.15) is 0 Å². The van der Waals surface area contributed by atoms with Crippen molar-refractivity contribution in [3.05, 3.63) is 28.8 Å². The van der Waals surface area contributed by atoms with E-state index in [1.54, 1.807) is 0 Å². The van der Waals surface area contributed by atoms with E-state index in [1.165, 1.54) is 0 Å². The van der Waals surface area contributed by atoms with E-state index in [4.69, 9.17) is 16.3 Å². The fourth-order valence-corrected chi connectivity index (χ4v) is 1.80. The Balaban J connectivity index is 2.60. The summed E-state index contributed by atoms with van der Waals surface area (Å²) >= 11 is 6.09. The summed E-state index contributed by atoms with van der Waals surface area (Å²) in [6.45, 7) is 6.99. The summed E-state index contributed by atoms with van der Waals surface area (Å²) in [5.74, 6) is 1.29. The van der Waals surface area contributed by atoms with Crippen molar-refractivity contribution >= 4 is 11.6 Å². The molecule has 1 aromatic carbocycles. The molecule has 1 atom stereocenters. The lowest BCUT2D eigenvalue weighted by molar-refractivity contribution is 0.238.